The summed E-state index contributed by atoms with van der Waals surface area (Å²) in [6.45, 7) is 7.92. The Kier molecular flexibility index (Phi) is 2.79. The monoisotopic (exact) mass is 238 g/mol. The van der Waals surface area contributed by atoms with Crippen LogP contribution in [0.1, 0.15) is 59.3 Å². The number of hydrogen-bond acceptors (Lipinski definition) is 2. The van der Waals surface area contributed by atoms with Gasteiger partial charge in [0.25, 0.3) is 0 Å². The molecule has 2 heteroatoms. The molecule has 1 saturated carbocycles. The summed E-state index contributed by atoms with van der Waals surface area (Å²) in [6, 6.07) is 0. The molecule has 0 aromatic carbocycles. The molecule has 1 aliphatic carbocycles. The van der Waals surface area contributed by atoms with Crippen molar-refractivity contribution in [3.63, 3.8) is 0 Å². The van der Waals surface area contributed by atoms with Gasteiger partial charge in [-0.25, -0.2) is 0 Å². The van der Waals surface area contributed by atoms with Gasteiger partial charge in [0.1, 0.15) is 0 Å². The second-order valence-corrected chi connectivity index (χ2v) is 6.91. The molecule has 2 saturated heterocycles. The van der Waals surface area contributed by atoms with Crippen LogP contribution in [0.2, 0.25) is 0 Å². The molecule has 3 rings (SSSR count). The Labute approximate surface area is 105 Å². The molecule has 0 radical (unpaired) electrons. The third kappa shape index (κ3) is 2.04. The maximum Gasteiger partial charge on any atom is 0.0976 e. The maximum absolute atomic E-state index is 6.09. The highest BCUT2D eigenvalue weighted by molar-refractivity contribution is 5.15. The van der Waals surface area contributed by atoms with Crippen LogP contribution in [0.25, 0.3) is 0 Å². The van der Waals surface area contributed by atoms with E-state index in [1.54, 1.807) is 0 Å². The molecular formula is C15H26O2. The SMILES string of the molecule is CC(C)CC[C@H]1O[C@]1(C)C1CCCCC12CO2. The summed E-state index contributed by atoms with van der Waals surface area (Å²) < 4.78 is 11.9. The van der Waals surface area contributed by atoms with E-state index in [1.807, 2.05) is 0 Å². The standard InChI is InChI=1S/C15H26O2/c1-11(2)7-8-13-14(3,17-13)12-6-4-5-9-15(12)10-16-15/h11-13H,4-10H2,1-3H3/t12?,13-,14-,15?/m1/s1. The molecule has 2 unspecified atom stereocenters. The lowest BCUT2D eigenvalue weighted by atomic mass is 9.71. The smallest absolute Gasteiger partial charge is 0.0976 e. The molecular weight excluding hydrogens is 212 g/mol. The highest BCUT2D eigenvalue weighted by Gasteiger charge is 2.67. The second kappa shape index (κ2) is 3.96. The minimum atomic E-state index is 0.145. The van der Waals surface area contributed by atoms with Crippen LogP contribution in [-0.4, -0.2) is 23.9 Å². The molecule has 17 heavy (non-hydrogen) atoms. The maximum atomic E-state index is 6.09. The third-order valence-corrected chi connectivity index (χ3v) is 5.17. The van der Waals surface area contributed by atoms with E-state index in [9.17, 15) is 0 Å². The molecule has 98 valence electrons. The van der Waals surface area contributed by atoms with Crippen molar-refractivity contribution < 1.29 is 9.47 Å². The zero-order chi connectivity index (χ0) is 12.1. The first kappa shape index (κ1) is 12.0. The lowest BCUT2D eigenvalue weighted by Crippen LogP contribution is -2.39. The molecule has 4 atom stereocenters. The number of epoxide rings is 2. The van der Waals surface area contributed by atoms with Gasteiger partial charge in [0, 0.05) is 5.92 Å². The molecule has 2 heterocycles. The van der Waals surface area contributed by atoms with E-state index in [-0.39, 0.29) is 11.2 Å². The van der Waals surface area contributed by atoms with Gasteiger partial charge in [0.15, 0.2) is 0 Å². The van der Waals surface area contributed by atoms with Crippen LogP contribution in [0.4, 0.5) is 0 Å². The Bertz CT molecular complexity index is 295. The van der Waals surface area contributed by atoms with Crippen molar-refractivity contribution in [2.45, 2.75) is 76.6 Å². The van der Waals surface area contributed by atoms with Crippen molar-refractivity contribution in [3.8, 4) is 0 Å². The molecule has 0 bridgehead atoms. The van der Waals surface area contributed by atoms with Gasteiger partial charge in [0.05, 0.1) is 23.9 Å². The zero-order valence-corrected chi connectivity index (χ0v) is 11.5. The van der Waals surface area contributed by atoms with E-state index in [4.69, 9.17) is 9.47 Å². The molecule has 0 N–H and O–H groups in total. The fourth-order valence-electron chi connectivity index (χ4n) is 3.87. The van der Waals surface area contributed by atoms with Gasteiger partial charge in [-0.1, -0.05) is 26.7 Å². The number of hydrogen-bond donors (Lipinski definition) is 0. The van der Waals surface area contributed by atoms with E-state index in [0.29, 0.717) is 12.0 Å². The Morgan fingerprint density at radius 2 is 2.06 bits per heavy atom. The molecule has 3 fully saturated rings. The van der Waals surface area contributed by atoms with Crippen molar-refractivity contribution >= 4 is 0 Å². The van der Waals surface area contributed by atoms with Gasteiger partial charge in [-0.15, -0.1) is 0 Å². The van der Waals surface area contributed by atoms with Crippen LogP contribution >= 0.6 is 0 Å². The van der Waals surface area contributed by atoms with Gasteiger partial charge in [-0.05, 0) is 38.5 Å². The van der Waals surface area contributed by atoms with E-state index in [1.165, 1.54) is 38.5 Å². The fraction of sp³-hybridized carbons (Fsp3) is 1.00. The van der Waals surface area contributed by atoms with Crippen LogP contribution in [0.15, 0.2) is 0 Å². The summed E-state index contributed by atoms with van der Waals surface area (Å²) in [5, 5.41) is 0. The van der Waals surface area contributed by atoms with Crippen LogP contribution in [0.3, 0.4) is 0 Å². The Morgan fingerprint density at radius 1 is 1.29 bits per heavy atom. The average Bonchev–Trinajstić information content (AvgIpc) is 3.17. The van der Waals surface area contributed by atoms with E-state index >= 15 is 0 Å². The van der Waals surface area contributed by atoms with Gasteiger partial charge in [-0.2, -0.15) is 0 Å². The van der Waals surface area contributed by atoms with E-state index in [0.717, 1.165) is 12.5 Å². The normalized spacial score (nSPS) is 48.7. The first-order valence-corrected chi connectivity index (χ1v) is 7.39. The average molecular weight is 238 g/mol. The van der Waals surface area contributed by atoms with Crippen LogP contribution in [-0.2, 0) is 9.47 Å². The lowest BCUT2D eigenvalue weighted by Gasteiger charge is -2.32. The Balaban J connectivity index is 1.61. The molecule has 3 aliphatic rings. The van der Waals surface area contributed by atoms with Gasteiger partial charge in [0.2, 0.25) is 0 Å². The van der Waals surface area contributed by atoms with Crippen molar-refractivity contribution in [2.24, 2.45) is 11.8 Å². The number of rotatable bonds is 4. The van der Waals surface area contributed by atoms with Crippen LogP contribution in [0.5, 0.6) is 0 Å². The number of ether oxygens (including phenoxy) is 2. The summed E-state index contributed by atoms with van der Waals surface area (Å²) in [6.07, 6.45) is 8.34. The quantitative estimate of drug-likeness (QED) is 0.700. The summed E-state index contributed by atoms with van der Waals surface area (Å²) in [5.41, 5.74) is 0.380. The van der Waals surface area contributed by atoms with Gasteiger partial charge < -0.3 is 9.47 Å². The molecule has 2 aliphatic heterocycles. The van der Waals surface area contributed by atoms with E-state index < -0.39 is 0 Å². The first-order valence-electron chi connectivity index (χ1n) is 7.39. The predicted molar refractivity (Wildman–Crippen MR) is 68.0 cm³/mol. The summed E-state index contributed by atoms with van der Waals surface area (Å²) in [7, 11) is 0. The van der Waals surface area contributed by atoms with Crippen molar-refractivity contribution in [3.05, 3.63) is 0 Å². The Hall–Kier alpha value is -0.0800. The lowest BCUT2D eigenvalue weighted by molar-refractivity contribution is 0.0886. The van der Waals surface area contributed by atoms with Crippen LogP contribution in [0, 0.1) is 11.8 Å². The largest absolute Gasteiger partial charge is 0.369 e. The van der Waals surface area contributed by atoms with Gasteiger partial charge >= 0.3 is 0 Å². The third-order valence-electron chi connectivity index (χ3n) is 5.17. The summed E-state index contributed by atoms with van der Waals surface area (Å²) in [5.74, 6) is 1.46. The molecule has 0 aromatic rings. The van der Waals surface area contributed by atoms with E-state index in [2.05, 4.69) is 20.8 Å². The first-order chi connectivity index (χ1) is 8.07. The Morgan fingerprint density at radius 3 is 2.71 bits per heavy atom. The van der Waals surface area contributed by atoms with Gasteiger partial charge in [-0.3, -0.25) is 0 Å². The molecule has 0 amide bonds. The topological polar surface area (TPSA) is 25.1 Å². The second-order valence-electron chi connectivity index (χ2n) is 6.91. The summed E-state index contributed by atoms with van der Waals surface area (Å²) >= 11 is 0. The minimum Gasteiger partial charge on any atom is -0.369 e. The van der Waals surface area contributed by atoms with Crippen molar-refractivity contribution in [1.82, 2.24) is 0 Å². The highest BCUT2D eigenvalue weighted by Crippen LogP contribution is 2.58. The molecule has 0 aromatic heterocycles. The van der Waals surface area contributed by atoms with Crippen molar-refractivity contribution in [1.29, 1.82) is 0 Å². The minimum absolute atomic E-state index is 0.145. The fourth-order valence-corrected chi connectivity index (χ4v) is 3.87. The predicted octanol–water partition coefficient (Wildman–Crippen LogP) is 3.54. The molecule has 2 nitrogen and oxygen atoms in total. The highest BCUT2D eigenvalue weighted by atomic mass is 16.6. The molecule has 1 spiro atoms. The van der Waals surface area contributed by atoms with Crippen LogP contribution < -0.4 is 0 Å². The zero-order valence-electron chi connectivity index (χ0n) is 11.5. The van der Waals surface area contributed by atoms with Crippen molar-refractivity contribution in [2.75, 3.05) is 6.61 Å². The summed E-state index contributed by atoms with van der Waals surface area (Å²) in [4.78, 5) is 0.